The molecule has 16 heavy (non-hydrogen) atoms. The van der Waals surface area contributed by atoms with Gasteiger partial charge in [0, 0.05) is 20.0 Å². The van der Waals surface area contributed by atoms with Gasteiger partial charge in [-0.2, -0.15) is 8.78 Å². The van der Waals surface area contributed by atoms with Gasteiger partial charge in [0.1, 0.15) is 5.78 Å². The van der Waals surface area contributed by atoms with Gasteiger partial charge >= 0.3 is 12.3 Å². The lowest BCUT2D eigenvalue weighted by Crippen LogP contribution is -2.46. The summed E-state index contributed by atoms with van der Waals surface area (Å²) in [5.41, 5.74) is 0. The summed E-state index contributed by atoms with van der Waals surface area (Å²) in [5.74, 6) is -7.50. The molecule has 94 valence electrons. The smallest absolute Gasteiger partial charge is 0.340 e. The minimum absolute atomic E-state index is 0.245. The van der Waals surface area contributed by atoms with Gasteiger partial charge in [0.15, 0.2) is 0 Å². The summed E-state index contributed by atoms with van der Waals surface area (Å²) in [4.78, 5) is 22.0. The Kier molecular flexibility index (Phi) is 5.71. The summed E-state index contributed by atoms with van der Waals surface area (Å²) in [6.07, 6.45) is -4.31. The van der Waals surface area contributed by atoms with Crippen LogP contribution in [-0.4, -0.2) is 48.4 Å². The third-order valence-corrected chi connectivity index (χ3v) is 2.08. The molecule has 0 saturated carbocycles. The topological polar surface area (TPSA) is 37.4 Å². The van der Waals surface area contributed by atoms with E-state index in [2.05, 4.69) is 0 Å². The molecule has 0 rings (SSSR count). The maximum Gasteiger partial charge on any atom is 0.383 e. The summed E-state index contributed by atoms with van der Waals surface area (Å²) < 4.78 is 48.7. The highest BCUT2D eigenvalue weighted by Crippen LogP contribution is 2.24. The Morgan fingerprint density at radius 3 is 2.25 bits per heavy atom. The van der Waals surface area contributed by atoms with E-state index in [0.29, 0.717) is 4.90 Å². The summed E-state index contributed by atoms with van der Waals surface area (Å²) >= 11 is 5.13. The summed E-state index contributed by atoms with van der Waals surface area (Å²) in [7, 11) is 0.917. The molecule has 0 heterocycles. The second-order valence-electron chi connectivity index (χ2n) is 3.07. The van der Waals surface area contributed by atoms with Crippen LogP contribution in [0.5, 0.6) is 0 Å². The standard InChI is InChI=1S/C8H10ClF4NO2/c1-14(3-2-5(15)4-9)7(16)8(12,13)6(10)11/h6H,2-4H2,1H3. The van der Waals surface area contributed by atoms with Crippen LogP contribution in [0.3, 0.4) is 0 Å². The molecule has 3 nitrogen and oxygen atoms in total. The summed E-state index contributed by atoms with van der Waals surface area (Å²) in [5, 5.41) is 0. The Labute approximate surface area is 94.3 Å². The van der Waals surface area contributed by atoms with Gasteiger partial charge in [-0.3, -0.25) is 9.59 Å². The first-order valence-corrected chi connectivity index (χ1v) is 4.76. The van der Waals surface area contributed by atoms with Crippen molar-refractivity contribution < 1.29 is 27.2 Å². The molecule has 0 aliphatic carbocycles. The number of amides is 1. The van der Waals surface area contributed by atoms with Crippen LogP contribution in [0, 0.1) is 0 Å². The van der Waals surface area contributed by atoms with E-state index in [0.717, 1.165) is 7.05 Å². The Bertz CT molecular complexity index is 273. The van der Waals surface area contributed by atoms with Crippen molar-refractivity contribution >= 4 is 23.3 Å². The molecule has 8 heteroatoms. The predicted octanol–water partition coefficient (Wildman–Crippen LogP) is 1.54. The molecule has 0 fully saturated rings. The lowest BCUT2D eigenvalue weighted by Gasteiger charge is -2.22. The zero-order chi connectivity index (χ0) is 12.9. The van der Waals surface area contributed by atoms with E-state index in [-0.39, 0.29) is 18.8 Å². The van der Waals surface area contributed by atoms with Crippen LogP contribution in [0.4, 0.5) is 17.6 Å². The van der Waals surface area contributed by atoms with E-state index < -0.39 is 24.0 Å². The molecule has 0 aliphatic rings. The average Bonchev–Trinajstić information content (AvgIpc) is 2.23. The van der Waals surface area contributed by atoms with Crippen molar-refractivity contribution in [2.75, 3.05) is 19.5 Å². The van der Waals surface area contributed by atoms with Crippen molar-refractivity contribution in [3.63, 3.8) is 0 Å². The zero-order valence-electron chi connectivity index (χ0n) is 8.35. The average molecular weight is 264 g/mol. The first kappa shape index (κ1) is 15.2. The van der Waals surface area contributed by atoms with Gasteiger partial charge in [0.05, 0.1) is 5.88 Å². The Morgan fingerprint density at radius 2 is 1.88 bits per heavy atom. The molecular formula is C8H10ClF4NO2. The third-order valence-electron chi connectivity index (χ3n) is 1.78. The van der Waals surface area contributed by atoms with E-state index in [1.165, 1.54) is 0 Å². The third kappa shape index (κ3) is 3.96. The highest BCUT2D eigenvalue weighted by molar-refractivity contribution is 6.27. The fraction of sp³-hybridized carbons (Fsp3) is 0.750. The van der Waals surface area contributed by atoms with E-state index in [1.54, 1.807) is 0 Å². The van der Waals surface area contributed by atoms with Gasteiger partial charge in [-0.1, -0.05) is 0 Å². The number of halogens is 5. The number of carbonyl (C=O) groups excluding carboxylic acids is 2. The number of hydrogen-bond donors (Lipinski definition) is 0. The second-order valence-corrected chi connectivity index (χ2v) is 3.34. The van der Waals surface area contributed by atoms with Crippen molar-refractivity contribution in [3.05, 3.63) is 0 Å². The Morgan fingerprint density at radius 1 is 1.38 bits per heavy atom. The second kappa shape index (κ2) is 6.03. The van der Waals surface area contributed by atoms with Crippen molar-refractivity contribution in [1.29, 1.82) is 0 Å². The van der Waals surface area contributed by atoms with Crippen LogP contribution in [0.2, 0.25) is 0 Å². The van der Waals surface area contributed by atoms with Gasteiger partial charge in [-0.15, -0.1) is 11.6 Å². The lowest BCUT2D eigenvalue weighted by molar-refractivity contribution is -0.179. The van der Waals surface area contributed by atoms with E-state index in [9.17, 15) is 27.2 Å². The number of hydrogen-bond acceptors (Lipinski definition) is 2. The van der Waals surface area contributed by atoms with Gasteiger partial charge in [0.2, 0.25) is 0 Å². The highest BCUT2D eigenvalue weighted by Gasteiger charge is 2.50. The Hall–Kier alpha value is -0.850. The SMILES string of the molecule is CN(CCC(=O)CCl)C(=O)C(F)(F)C(F)F. The molecule has 0 unspecified atom stereocenters. The van der Waals surface area contributed by atoms with E-state index in [4.69, 9.17) is 11.6 Å². The molecule has 0 aliphatic heterocycles. The zero-order valence-corrected chi connectivity index (χ0v) is 9.11. The number of carbonyl (C=O) groups is 2. The monoisotopic (exact) mass is 263 g/mol. The highest BCUT2D eigenvalue weighted by atomic mass is 35.5. The number of rotatable bonds is 6. The van der Waals surface area contributed by atoms with Gasteiger partial charge in [-0.05, 0) is 0 Å². The van der Waals surface area contributed by atoms with Gasteiger partial charge in [0.25, 0.3) is 5.91 Å². The minimum atomic E-state index is -4.72. The normalized spacial score (nSPS) is 11.7. The Balaban J connectivity index is 4.34. The van der Waals surface area contributed by atoms with Crippen molar-refractivity contribution in [2.24, 2.45) is 0 Å². The van der Waals surface area contributed by atoms with Gasteiger partial charge < -0.3 is 4.90 Å². The molecule has 1 amide bonds. The molecular weight excluding hydrogens is 254 g/mol. The number of Topliss-reactive ketones (excluding diaryl/α,β-unsaturated/α-hetero) is 1. The maximum absolute atomic E-state index is 12.5. The molecule has 0 aromatic rings. The molecule has 0 N–H and O–H groups in total. The van der Waals surface area contributed by atoms with Crippen LogP contribution in [0.15, 0.2) is 0 Å². The van der Waals surface area contributed by atoms with Crippen LogP contribution in [-0.2, 0) is 9.59 Å². The lowest BCUT2D eigenvalue weighted by atomic mass is 10.2. The van der Waals surface area contributed by atoms with Crippen molar-refractivity contribution in [2.45, 2.75) is 18.8 Å². The van der Waals surface area contributed by atoms with E-state index in [1.807, 2.05) is 0 Å². The van der Waals surface area contributed by atoms with Crippen molar-refractivity contribution in [1.82, 2.24) is 4.90 Å². The molecule has 0 aromatic heterocycles. The largest absolute Gasteiger partial charge is 0.383 e. The van der Waals surface area contributed by atoms with Crippen LogP contribution in [0.1, 0.15) is 6.42 Å². The number of alkyl halides is 5. The molecule has 0 atom stereocenters. The first-order valence-electron chi connectivity index (χ1n) is 4.22. The summed E-state index contributed by atoms with van der Waals surface area (Å²) in [6, 6.07) is 0. The van der Waals surface area contributed by atoms with Gasteiger partial charge in [-0.25, -0.2) is 8.78 Å². The van der Waals surface area contributed by atoms with Crippen LogP contribution in [0.25, 0.3) is 0 Å². The van der Waals surface area contributed by atoms with Crippen LogP contribution >= 0.6 is 11.6 Å². The number of nitrogens with zero attached hydrogens (tertiary/aromatic N) is 1. The molecule has 0 saturated heterocycles. The molecule has 0 bridgehead atoms. The number of ketones is 1. The molecule has 0 spiro atoms. The van der Waals surface area contributed by atoms with E-state index >= 15 is 0 Å². The predicted molar refractivity (Wildman–Crippen MR) is 48.9 cm³/mol. The first-order chi connectivity index (χ1) is 7.23. The summed E-state index contributed by atoms with van der Waals surface area (Å²) in [6.45, 7) is -0.368. The van der Waals surface area contributed by atoms with Crippen molar-refractivity contribution in [3.8, 4) is 0 Å². The minimum Gasteiger partial charge on any atom is -0.340 e. The fourth-order valence-electron chi connectivity index (χ4n) is 0.809. The molecule has 0 radical (unpaired) electrons. The quantitative estimate of drug-likeness (QED) is 0.538. The fourth-order valence-corrected chi connectivity index (χ4v) is 0.942. The van der Waals surface area contributed by atoms with Crippen LogP contribution < -0.4 is 0 Å². The molecule has 0 aromatic carbocycles. The maximum atomic E-state index is 12.5.